The van der Waals surface area contributed by atoms with Crippen molar-refractivity contribution in [1.29, 1.82) is 0 Å². The number of para-hydroxylation sites is 1. The monoisotopic (exact) mass is 459 g/mol. The van der Waals surface area contributed by atoms with E-state index in [1.807, 2.05) is 36.4 Å². The molecule has 4 rings (SSSR count). The molecule has 146 valence electrons. The fourth-order valence-corrected chi connectivity index (χ4v) is 5.01. The summed E-state index contributed by atoms with van der Waals surface area (Å²) < 4.78 is 1.08. The third-order valence-electron chi connectivity index (χ3n) is 5.16. The second kappa shape index (κ2) is 8.57. The first-order chi connectivity index (χ1) is 13.6. The Morgan fingerprint density at radius 1 is 1.21 bits per heavy atom. The lowest BCUT2D eigenvalue weighted by Gasteiger charge is -2.28. The lowest BCUT2D eigenvalue weighted by Crippen LogP contribution is -2.44. The maximum absolute atomic E-state index is 12.5. The number of nitrogens with zero attached hydrogens (tertiary/aromatic N) is 2. The molecule has 0 bridgehead atoms. The summed E-state index contributed by atoms with van der Waals surface area (Å²) in [6.07, 6.45) is 1.05. The predicted molar refractivity (Wildman–Crippen MR) is 117 cm³/mol. The maximum Gasteiger partial charge on any atom is 0.240 e. The smallest absolute Gasteiger partial charge is 0.240 e. The van der Waals surface area contributed by atoms with Gasteiger partial charge < -0.3 is 15.1 Å². The van der Waals surface area contributed by atoms with Gasteiger partial charge in [0.1, 0.15) is 6.54 Å². The Hall–Kier alpha value is -1.99. The highest BCUT2D eigenvalue weighted by Crippen LogP contribution is 2.34. The number of fused-ring (bicyclic) bond motifs is 1. The molecular formula is C21H22BrN3O2S. The van der Waals surface area contributed by atoms with Gasteiger partial charge in [-0.1, -0.05) is 34.1 Å². The van der Waals surface area contributed by atoms with Crippen molar-refractivity contribution in [3.63, 3.8) is 0 Å². The summed E-state index contributed by atoms with van der Waals surface area (Å²) in [6.45, 7) is 2.64. The largest absolute Gasteiger partial charge is 0.371 e. The molecule has 0 spiro atoms. The SMILES string of the molecule is O=C(CN1C(=O)CSc2ccccc21)NCC1CCN(c2cccc(Br)c2)C1. The highest BCUT2D eigenvalue weighted by molar-refractivity contribution is 9.10. The zero-order chi connectivity index (χ0) is 19.5. The van der Waals surface area contributed by atoms with E-state index in [9.17, 15) is 9.59 Å². The van der Waals surface area contributed by atoms with E-state index in [1.54, 1.807) is 4.90 Å². The molecule has 2 aliphatic rings. The molecule has 1 unspecified atom stereocenters. The quantitative estimate of drug-likeness (QED) is 0.742. The van der Waals surface area contributed by atoms with E-state index in [2.05, 4.69) is 38.3 Å². The van der Waals surface area contributed by atoms with Crippen LogP contribution in [0.5, 0.6) is 0 Å². The zero-order valence-corrected chi connectivity index (χ0v) is 17.8. The van der Waals surface area contributed by atoms with Crippen LogP contribution in [-0.4, -0.2) is 43.7 Å². The third-order valence-corrected chi connectivity index (χ3v) is 6.70. The lowest BCUT2D eigenvalue weighted by molar-refractivity contribution is -0.123. The first-order valence-electron chi connectivity index (χ1n) is 9.39. The fourth-order valence-electron chi connectivity index (χ4n) is 3.69. The van der Waals surface area contributed by atoms with Crippen molar-refractivity contribution in [1.82, 2.24) is 5.32 Å². The predicted octanol–water partition coefficient (Wildman–Crippen LogP) is 3.53. The third kappa shape index (κ3) is 4.36. The number of hydrogen-bond acceptors (Lipinski definition) is 4. The van der Waals surface area contributed by atoms with Crippen LogP contribution in [0.1, 0.15) is 6.42 Å². The molecule has 5 nitrogen and oxygen atoms in total. The van der Waals surface area contributed by atoms with Crippen LogP contribution < -0.4 is 15.1 Å². The van der Waals surface area contributed by atoms with Gasteiger partial charge in [0.05, 0.1) is 11.4 Å². The summed E-state index contributed by atoms with van der Waals surface area (Å²) in [4.78, 5) is 29.8. The van der Waals surface area contributed by atoms with Crippen molar-refractivity contribution in [2.45, 2.75) is 11.3 Å². The molecule has 1 fully saturated rings. The molecule has 2 heterocycles. The average Bonchev–Trinajstić information content (AvgIpc) is 3.18. The first-order valence-corrected chi connectivity index (χ1v) is 11.2. The molecule has 2 amide bonds. The Morgan fingerprint density at radius 3 is 2.93 bits per heavy atom. The number of carbonyl (C=O) groups is 2. The molecule has 7 heteroatoms. The normalized spacial score (nSPS) is 18.9. The number of benzene rings is 2. The summed E-state index contributed by atoms with van der Waals surface area (Å²) in [7, 11) is 0. The first kappa shape index (κ1) is 19.3. The average molecular weight is 460 g/mol. The Balaban J connectivity index is 1.30. The van der Waals surface area contributed by atoms with Crippen LogP contribution in [0.25, 0.3) is 0 Å². The van der Waals surface area contributed by atoms with Crippen molar-refractivity contribution < 1.29 is 9.59 Å². The number of rotatable bonds is 5. The van der Waals surface area contributed by atoms with E-state index in [-0.39, 0.29) is 18.4 Å². The minimum absolute atomic E-state index is 0.0134. The van der Waals surface area contributed by atoms with E-state index in [4.69, 9.17) is 0 Å². The van der Waals surface area contributed by atoms with Crippen molar-refractivity contribution >= 4 is 50.9 Å². The molecule has 1 atom stereocenters. The Morgan fingerprint density at radius 2 is 2.07 bits per heavy atom. The molecule has 2 aromatic rings. The number of thioether (sulfide) groups is 1. The van der Waals surface area contributed by atoms with Crippen LogP contribution in [0.3, 0.4) is 0 Å². The molecule has 2 aromatic carbocycles. The van der Waals surface area contributed by atoms with Crippen molar-refractivity contribution in [2.75, 3.05) is 41.7 Å². The molecule has 0 aliphatic carbocycles. The molecule has 1 saturated heterocycles. The van der Waals surface area contributed by atoms with Crippen LogP contribution in [-0.2, 0) is 9.59 Å². The van der Waals surface area contributed by atoms with Gasteiger partial charge in [0.2, 0.25) is 11.8 Å². The van der Waals surface area contributed by atoms with Crippen molar-refractivity contribution in [3.8, 4) is 0 Å². The summed E-state index contributed by atoms with van der Waals surface area (Å²) in [5, 5.41) is 3.03. The highest BCUT2D eigenvalue weighted by atomic mass is 79.9. The molecule has 0 saturated carbocycles. The molecule has 0 aromatic heterocycles. The van der Waals surface area contributed by atoms with Gasteiger partial charge in [0, 0.05) is 34.7 Å². The second-order valence-electron chi connectivity index (χ2n) is 7.12. The van der Waals surface area contributed by atoms with Crippen LogP contribution >= 0.6 is 27.7 Å². The molecular weight excluding hydrogens is 438 g/mol. The summed E-state index contributed by atoms with van der Waals surface area (Å²) in [5.74, 6) is 0.688. The Bertz CT molecular complexity index is 891. The minimum Gasteiger partial charge on any atom is -0.371 e. The van der Waals surface area contributed by atoms with Gasteiger partial charge in [-0.2, -0.15) is 0 Å². The minimum atomic E-state index is -0.101. The Kier molecular flexibility index (Phi) is 5.92. The van der Waals surface area contributed by atoms with E-state index in [0.29, 0.717) is 18.2 Å². The topological polar surface area (TPSA) is 52.7 Å². The van der Waals surface area contributed by atoms with Gasteiger partial charge in [0.15, 0.2) is 0 Å². The van der Waals surface area contributed by atoms with E-state index < -0.39 is 0 Å². The van der Waals surface area contributed by atoms with Gasteiger partial charge >= 0.3 is 0 Å². The van der Waals surface area contributed by atoms with Gasteiger partial charge in [-0.3, -0.25) is 9.59 Å². The van der Waals surface area contributed by atoms with Gasteiger partial charge in [-0.15, -0.1) is 11.8 Å². The van der Waals surface area contributed by atoms with Crippen LogP contribution in [0, 0.1) is 5.92 Å². The van der Waals surface area contributed by atoms with E-state index in [0.717, 1.165) is 34.6 Å². The van der Waals surface area contributed by atoms with E-state index >= 15 is 0 Å². The fraction of sp³-hybridized carbons (Fsp3) is 0.333. The lowest BCUT2D eigenvalue weighted by atomic mass is 10.1. The second-order valence-corrected chi connectivity index (χ2v) is 9.05. The summed E-state index contributed by atoms with van der Waals surface area (Å²) >= 11 is 5.05. The number of anilines is 2. The van der Waals surface area contributed by atoms with Gasteiger partial charge in [-0.05, 0) is 42.7 Å². The summed E-state index contributed by atoms with van der Waals surface area (Å²) in [6, 6.07) is 16.1. The standard InChI is InChI=1S/C21H22BrN3O2S/c22-16-4-3-5-17(10-16)24-9-8-15(12-24)11-23-20(26)13-25-18-6-1-2-7-19(18)28-14-21(25)27/h1-7,10,15H,8-9,11-14H2,(H,23,26). The van der Waals surface area contributed by atoms with Crippen LogP contribution in [0.2, 0.25) is 0 Å². The number of hydrogen-bond donors (Lipinski definition) is 1. The molecule has 28 heavy (non-hydrogen) atoms. The molecule has 1 N–H and O–H groups in total. The molecule has 0 radical (unpaired) electrons. The van der Waals surface area contributed by atoms with E-state index in [1.165, 1.54) is 17.4 Å². The zero-order valence-electron chi connectivity index (χ0n) is 15.4. The van der Waals surface area contributed by atoms with Crippen molar-refractivity contribution in [3.05, 3.63) is 53.0 Å². The van der Waals surface area contributed by atoms with Crippen LogP contribution in [0.15, 0.2) is 57.9 Å². The van der Waals surface area contributed by atoms with Gasteiger partial charge in [-0.25, -0.2) is 0 Å². The number of nitrogens with one attached hydrogen (secondary N) is 1. The summed E-state index contributed by atoms with van der Waals surface area (Å²) in [5.41, 5.74) is 2.04. The number of amides is 2. The van der Waals surface area contributed by atoms with Gasteiger partial charge in [0.25, 0.3) is 0 Å². The molecule has 2 aliphatic heterocycles. The van der Waals surface area contributed by atoms with Crippen LogP contribution in [0.4, 0.5) is 11.4 Å². The van der Waals surface area contributed by atoms with Crippen molar-refractivity contribution in [2.24, 2.45) is 5.92 Å². The number of carbonyl (C=O) groups excluding carboxylic acids is 2. The number of halogens is 1. The maximum atomic E-state index is 12.5. The Labute approximate surface area is 177 Å². The highest BCUT2D eigenvalue weighted by Gasteiger charge is 2.27.